The number of nitrogens with one attached hydrogen (secondary N) is 2. The molecule has 104 valence electrons. The van der Waals surface area contributed by atoms with E-state index in [9.17, 15) is 4.79 Å². The maximum Gasteiger partial charge on any atom is 0.272 e. The molecule has 0 aromatic carbocycles. The lowest BCUT2D eigenvalue weighted by molar-refractivity contribution is 0.0618. The summed E-state index contributed by atoms with van der Waals surface area (Å²) in [5.74, 6) is 0.523. The summed E-state index contributed by atoms with van der Waals surface area (Å²) in [6.07, 6.45) is 5.75. The van der Waals surface area contributed by atoms with Crippen LogP contribution < -0.4 is 5.32 Å². The number of fused-ring (bicyclic) bond motifs is 4. The summed E-state index contributed by atoms with van der Waals surface area (Å²) in [7, 11) is 0. The summed E-state index contributed by atoms with van der Waals surface area (Å²) in [6.45, 7) is 3.32. The third-order valence-electron chi connectivity index (χ3n) is 4.55. The Labute approximate surface area is 116 Å². The highest BCUT2D eigenvalue weighted by Crippen LogP contribution is 2.27. The predicted octanol–water partition coefficient (Wildman–Crippen LogP) is 0.782. The molecule has 2 aromatic heterocycles. The van der Waals surface area contributed by atoms with Crippen LogP contribution in [0.25, 0.3) is 10.9 Å². The van der Waals surface area contributed by atoms with Crippen molar-refractivity contribution in [3.05, 3.63) is 24.2 Å². The monoisotopic (exact) mass is 271 g/mol. The standard InChI is InChI=1S/C14H17N5O/c20-14(13-10-7-15-4-1-11(10)17-18-13)16-12-8-19-5-2-9(12)3-6-19/h1,4,7,9,12H,2-3,5-6,8H2,(H,16,20)(H,17,18)/t12-/m1/s1. The van der Waals surface area contributed by atoms with Crippen LogP contribution in [0.1, 0.15) is 23.3 Å². The zero-order valence-electron chi connectivity index (χ0n) is 11.2. The highest BCUT2D eigenvalue weighted by Gasteiger charge is 2.35. The Morgan fingerprint density at radius 3 is 3.00 bits per heavy atom. The van der Waals surface area contributed by atoms with Crippen molar-refractivity contribution in [3.8, 4) is 0 Å². The van der Waals surface area contributed by atoms with Crippen LogP contribution in [0.15, 0.2) is 18.5 Å². The molecule has 2 N–H and O–H groups in total. The molecule has 0 spiro atoms. The molecule has 3 saturated heterocycles. The van der Waals surface area contributed by atoms with E-state index in [0.29, 0.717) is 11.6 Å². The van der Waals surface area contributed by atoms with Crippen LogP contribution in [-0.2, 0) is 0 Å². The van der Waals surface area contributed by atoms with Crippen LogP contribution in [0.5, 0.6) is 0 Å². The van der Waals surface area contributed by atoms with Crippen molar-refractivity contribution in [1.82, 2.24) is 25.4 Å². The van der Waals surface area contributed by atoms with Gasteiger partial charge in [0.25, 0.3) is 5.91 Å². The molecule has 0 saturated carbocycles. The third-order valence-corrected chi connectivity index (χ3v) is 4.55. The number of aromatic amines is 1. The third kappa shape index (κ3) is 1.87. The predicted molar refractivity (Wildman–Crippen MR) is 74.3 cm³/mol. The maximum absolute atomic E-state index is 12.4. The minimum atomic E-state index is -0.0944. The van der Waals surface area contributed by atoms with Crippen LogP contribution in [0, 0.1) is 5.92 Å². The van der Waals surface area contributed by atoms with Crippen molar-refractivity contribution in [2.24, 2.45) is 5.92 Å². The summed E-state index contributed by atoms with van der Waals surface area (Å²) >= 11 is 0. The van der Waals surface area contributed by atoms with E-state index < -0.39 is 0 Å². The van der Waals surface area contributed by atoms with Gasteiger partial charge in [-0.2, -0.15) is 5.10 Å². The number of pyridine rings is 1. The molecule has 1 amide bonds. The van der Waals surface area contributed by atoms with Crippen LogP contribution in [0.4, 0.5) is 0 Å². The Morgan fingerprint density at radius 1 is 1.40 bits per heavy atom. The smallest absolute Gasteiger partial charge is 0.272 e. The number of aromatic nitrogens is 3. The molecule has 3 fully saturated rings. The van der Waals surface area contributed by atoms with E-state index in [2.05, 4.69) is 25.4 Å². The van der Waals surface area contributed by atoms with Crippen LogP contribution in [-0.4, -0.2) is 51.7 Å². The zero-order chi connectivity index (χ0) is 13.5. The quantitative estimate of drug-likeness (QED) is 0.846. The van der Waals surface area contributed by atoms with Crippen LogP contribution in [0.3, 0.4) is 0 Å². The van der Waals surface area contributed by atoms with E-state index in [1.165, 1.54) is 25.9 Å². The van der Waals surface area contributed by atoms with E-state index >= 15 is 0 Å². The maximum atomic E-state index is 12.4. The van der Waals surface area contributed by atoms with Crippen molar-refractivity contribution < 1.29 is 4.79 Å². The van der Waals surface area contributed by atoms with Gasteiger partial charge < -0.3 is 10.2 Å². The summed E-state index contributed by atoms with van der Waals surface area (Å²) in [5, 5.41) is 10.9. The van der Waals surface area contributed by atoms with Gasteiger partial charge in [-0.1, -0.05) is 0 Å². The molecule has 1 atom stereocenters. The Hall–Kier alpha value is -1.95. The first-order valence-corrected chi connectivity index (χ1v) is 7.12. The second kappa shape index (κ2) is 4.56. The number of hydrogen-bond acceptors (Lipinski definition) is 4. The largest absolute Gasteiger partial charge is 0.346 e. The lowest BCUT2D eigenvalue weighted by atomic mass is 9.84. The first kappa shape index (κ1) is 11.8. The molecule has 6 nitrogen and oxygen atoms in total. The molecule has 0 unspecified atom stereocenters. The molecular weight excluding hydrogens is 254 g/mol. The van der Waals surface area contributed by atoms with Gasteiger partial charge in [0.1, 0.15) is 0 Å². The fraction of sp³-hybridized carbons (Fsp3) is 0.500. The van der Waals surface area contributed by atoms with Crippen molar-refractivity contribution in [2.45, 2.75) is 18.9 Å². The van der Waals surface area contributed by atoms with E-state index in [1.54, 1.807) is 12.4 Å². The van der Waals surface area contributed by atoms with Gasteiger partial charge >= 0.3 is 0 Å². The van der Waals surface area contributed by atoms with E-state index in [-0.39, 0.29) is 11.9 Å². The van der Waals surface area contributed by atoms with Gasteiger partial charge in [-0.05, 0) is 37.9 Å². The molecule has 5 rings (SSSR count). The molecule has 2 bridgehead atoms. The average Bonchev–Trinajstić information content (AvgIpc) is 2.92. The molecule has 5 heterocycles. The SMILES string of the molecule is O=C(N[C@@H]1CN2CCC1CC2)c1n[nH]c2ccncc12. The van der Waals surface area contributed by atoms with E-state index in [0.717, 1.165) is 17.4 Å². The second-order valence-electron chi connectivity index (χ2n) is 5.71. The van der Waals surface area contributed by atoms with Crippen LogP contribution in [0.2, 0.25) is 0 Å². The van der Waals surface area contributed by atoms with Crippen molar-refractivity contribution in [1.29, 1.82) is 0 Å². The number of carbonyl (C=O) groups excluding carboxylic acids is 1. The van der Waals surface area contributed by atoms with Crippen molar-refractivity contribution >= 4 is 16.8 Å². The van der Waals surface area contributed by atoms with E-state index in [1.807, 2.05) is 6.07 Å². The second-order valence-corrected chi connectivity index (χ2v) is 5.71. The fourth-order valence-electron chi connectivity index (χ4n) is 3.40. The van der Waals surface area contributed by atoms with Crippen molar-refractivity contribution in [3.63, 3.8) is 0 Å². The highest BCUT2D eigenvalue weighted by atomic mass is 16.2. The summed E-state index contributed by atoms with van der Waals surface area (Å²) in [6, 6.07) is 2.08. The summed E-state index contributed by atoms with van der Waals surface area (Å²) < 4.78 is 0. The number of hydrogen-bond donors (Lipinski definition) is 2. The molecule has 6 heteroatoms. The van der Waals surface area contributed by atoms with E-state index in [4.69, 9.17) is 0 Å². The Kier molecular flexibility index (Phi) is 2.70. The molecule has 0 aliphatic carbocycles. The Balaban J connectivity index is 1.56. The van der Waals surface area contributed by atoms with Crippen LogP contribution >= 0.6 is 0 Å². The lowest BCUT2D eigenvalue weighted by Gasteiger charge is -2.44. The first-order chi connectivity index (χ1) is 9.81. The molecule has 3 aliphatic rings. The van der Waals surface area contributed by atoms with Gasteiger partial charge in [0, 0.05) is 25.0 Å². The normalized spacial score (nSPS) is 28.7. The van der Waals surface area contributed by atoms with Gasteiger partial charge in [-0.15, -0.1) is 0 Å². The van der Waals surface area contributed by atoms with Gasteiger partial charge in [0.15, 0.2) is 5.69 Å². The lowest BCUT2D eigenvalue weighted by Crippen LogP contribution is -2.57. The molecule has 0 radical (unpaired) electrons. The highest BCUT2D eigenvalue weighted by molar-refractivity contribution is 6.04. The minimum absolute atomic E-state index is 0.0944. The zero-order valence-corrected chi connectivity index (χ0v) is 11.2. The number of nitrogens with zero attached hydrogens (tertiary/aromatic N) is 3. The minimum Gasteiger partial charge on any atom is -0.346 e. The Bertz CT molecular complexity index is 644. The number of rotatable bonds is 2. The van der Waals surface area contributed by atoms with Gasteiger partial charge in [0.05, 0.1) is 10.9 Å². The number of carbonyl (C=O) groups is 1. The summed E-state index contributed by atoms with van der Waals surface area (Å²) in [5.41, 5.74) is 1.30. The molecule has 2 aromatic rings. The number of amides is 1. The van der Waals surface area contributed by atoms with Gasteiger partial charge in [-0.3, -0.25) is 14.9 Å². The molecular formula is C14H17N5O. The Morgan fingerprint density at radius 2 is 2.25 bits per heavy atom. The van der Waals surface area contributed by atoms with Gasteiger partial charge in [-0.25, -0.2) is 0 Å². The molecule has 20 heavy (non-hydrogen) atoms. The molecule has 3 aliphatic heterocycles. The number of H-pyrrole nitrogens is 1. The van der Waals surface area contributed by atoms with Gasteiger partial charge in [0.2, 0.25) is 0 Å². The summed E-state index contributed by atoms with van der Waals surface area (Å²) in [4.78, 5) is 18.9. The fourth-order valence-corrected chi connectivity index (χ4v) is 3.40. The topological polar surface area (TPSA) is 73.9 Å². The average molecular weight is 271 g/mol. The first-order valence-electron chi connectivity index (χ1n) is 7.12. The number of piperidine rings is 3. The van der Waals surface area contributed by atoms with Crippen molar-refractivity contribution in [2.75, 3.05) is 19.6 Å².